The first-order chi connectivity index (χ1) is 11.6. The molecule has 0 bridgehead atoms. The Bertz CT molecular complexity index is 775. The molecule has 2 aromatic rings. The average molecular weight is 382 g/mol. The highest BCUT2D eigenvalue weighted by Crippen LogP contribution is 2.25. The van der Waals surface area contributed by atoms with Crippen molar-refractivity contribution in [2.24, 2.45) is 0 Å². The van der Waals surface area contributed by atoms with Crippen LogP contribution in [0.5, 0.6) is 0 Å². The van der Waals surface area contributed by atoms with Gasteiger partial charge in [-0.3, -0.25) is 4.79 Å². The molecule has 1 aliphatic rings. The third kappa shape index (κ3) is 3.77. The molecule has 1 aromatic carbocycles. The van der Waals surface area contributed by atoms with Gasteiger partial charge in [0.2, 0.25) is 0 Å². The van der Waals surface area contributed by atoms with E-state index in [-0.39, 0.29) is 18.1 Å². The SMILES string of the molecule is CSc1ccc(Cl)c(C(=O)OCC(=O)N2CCc3sccc3C2)c1. The molecule has 126 valence electrons. The van der Waals surface area contributed by atoms with Crippen LogP contribution in [0.3, 0.4) is 0 Å². The van der Waals surface area contributed by atoms with Gasteiger partial charge < -0.3 is 9.64 Å². The number of fused-ring (bicyclic) bond motifs is 1. The smallest absolute Gasteiger partial charge is 0.340 e. The van der Waals surface area contributed by atoms with Crippen LogP contribution in [0.25, 0.3) is 0 Å². The number of nitrogens with zero attached hydrogens (tertiary/aromatic N) is 1. The normalized spacial score (nSPS) is 13.5. The number of hydrogen-bond acceptors (Lipinski definition) is 5. The molecule has 4 nitrogen and oxygen atoms in total. The molecule has 3 rings (SSSR count). The molecule has 2 heterocycles. The second kappa shape index (κ2) is 7.59. The van der Waals surface area contributed by atoms with E-state index in [4.69, 9.17) is 16.3 Å². The van der Waals surface area contributed by atoms with Crippen molar-refractivity contribution < 1.29 is 14.3 Å². The lowest BCUT2D eigenvalue weighted by molar-refractivity contribution is -0.135. The van der Waals surface area contributed by atoms with Gasteiger partial charge in [0.05, 0.1) is 10.6 Å². The van der Waals surface area contributed by atoms with Crippen LogP contribution in [-0.4, -0.2) is 36.2 Å². The Balaban J connectivity index is 1.59. The van der Waals surface area contributed by atoms with E-state index in [1.165, 1.54) is 22.2 Å². The van der Waals surface area contributed by atoms with E-state index in [2.05, 4.69) is 0 Å². The second-order valence-electron chi connectivity index (χ2n) is 5.36. The Hall–Kier alpha value is -1.50. The number of halogens is 1. The predicted octanol–water partition coefficient (Wildman–Crippen LogP) is 3.87. The Morgan fingerprint density at radius 2 is 2.21 bits per heavy atom. The molecular weight excluding hydrogens is 366 g/mol. The number of benzene rings is 1. The Morgan fingerprint density at radius 3 is 3.00 bits per heavy atom. The summed E-state index contributed by atoms with van der Waals surface area (Å²) in [5, 5.41) is 2.37. The molecule has 1 amide bonds. The first kappa shape index (κ1) is 17.3. The van der Waals surface area contributed by atoms with Crippen molar-refractivity contribution in [3.8, 4) is 0 Å². The number of rotatable bonds is 4. The highest BCUT2D eigenvalue weighted by atomic mass is 35.5. The molecule has 1 aromatic heterocycles. The summed E-state index contributed by atoms with van der Waals surface area (Å²) in [5.41, 5.74) is 1.47. The second-order valence-corrected chi connectivity index (χ2v) is 7.64. The molecular formula is C17H16ClNO3S2. The van der Waals surface area contributed by atoms with Crippen LogP contribution >= 0.6 is 34.7 Å². The first-order valence-electron chi connectivity index (χ1n) is 7.42. The molecule has 0 N–H and O–H groups in total. The molecule has 0 saturated heterocycles. The van der Waals surface area contributed by atoms with Crippen LogP contribution in [0.15, 0.2) is 34.5 Å². The van der Waals surface area contributed by atoms with E-state index in [9.17, 15) is 9.59 Å². The fraction of sp³-hybridized carbons (Fsp3) is 0.294. The standard InChI is InChI=1S/C17H16ClNO3S2/c1-23-12-2-3-14(18)13(8-12)17(21)22-10-16(20)19-6-4-15-11(9-19)5-7-24-15/h2-3,5,7-8H,4,6,9-10H2,1H3. The monoisotopic (exact) mass is 381 g/mol. The molecule has 0 unspecified atom stereocenters. The van der Waals surface area contributed by atoms with Crippen molar-refractivity contribution in [2.45, 2.75) is 17.9 Å². The lowest BCUT2D eigenvalue weighted by Gasteiger charge is -2.26. The number of hydrogen-bond donors (Lipinski definition) is 0. The van der Waals surface area contributed by atoms with Crippen LogP contribution in [0.2, 0.25) is 5.02 Å². The van der Waals surface area contributed by atoms with Gasteiger partial charge in [-0.1, -0.05) is 11.6 Å². The Morgan fingerprint density at radius 1 is 1.38 bits per heavy atom. The fourth-order valence-corrected chi connectivity index (χ4v) is 4.07. The van der Waals surface area contributed by atoms with Gasteiger partial charge >= 0.3 is 5.97 Å². The topological polar surface area (TPSA) is 46.6 Å². The average Bonchev–Trinajstić information content (AvgIpc) is 3.07. The minimum atomic E-state index is -0.572. The number of carbonyl (C=O) groups is 2. The summed E-state index contributed by atoms with van der Waals surface area (Å²) in [6, 6.07) is 7.22. The Kier molecular flexibility index (Phi) is 5.48. The number of ether oxygens (including phenoxy) is 1. The van der Waals surface area contributed by atoms with Crippen LogP contribution in [-0.2, 0) is 22.5 Å². The summed E-state index contributed by atoms with van der Waals surface area (Å²) in [5.74, 6) is -0.755. The molecule has 0 spiro atoms. The number of esters is 1. The lowest BCUT2D eigenvalue weighted by atomic mass is 10.1. The predicted molar refractivity (Wildman–Crippen MR) is 97.0 cm³/mol. The molecule has 0 atom stereocenters. The maximum absolute atomic E-state index is 12.3. The molecule has 0 radical (unpaired) electrons. The zero-order valence-electron chi connectivity index (χ0n) is 13.1. The van der Waals surface area contributed by atoms with Crippen molar-refractivity contribution in [2.75, 3.05) is 19.4 Å². The quantitative estimate of drug-likeness (QED) is 0.596. The van der Waals surface area contributed by atoms with E-state index >= 15 is 0 Å². The zero-order valence-corrected chi connectivity index (χ0v) is 15.5. The molecule has 0 saturated carbocycles. The third-order valence-corrected chi connectivity index (χ3v) is 5.96. The molecule has 0 aliphatic carbocycles. The van der Waals surface area contributed by atoms with Crippen molar-refractivity contribution in [3.05, 3.63) is 50.7 Å². The summed E-state index contributed by atoms with van der Waals surface area (Å²) in [6.07, 6.45) is 2.77. The Labute approximate surface area is 153 Å². The number of thioether (sulfide) groups is 1. The van der Waals surface area contributed by atoms with Crippen molar-refractivity contribution >= 4 is 46.6 Å². The minimum absolute atomic E-state index is 0.183. The van der Waals surface area contributed by atoms with E-state index < -0.39 is 5.97 Å². The molecule has 24 heavy (non-hydrogen) atoms. The number of thiophene rings is 1. The number of carbonyl (C=O) groups excluding carboxylic acids is 2. The van der Waals surface area contributed by atoms with Crippen molar-refractivity contribution in [1.29, 1.82) is 0 Å². The third-order valence-electron chi connectivity index (χ3n) is 3.88. The largest absolute Gasteiger partial charge is 0.452 e. The lowest BCUT2D eigenvalue weighted by Crippen LogP contribution is -2.38. The number of amides is 1. The van der Waals surface area contributed by atoms with Crippen LogP contribution in [0.1, 0.15) is 20.8 Å². The minimum Gasteiger partial charge on any atom is -0.452 e. The van der Waals surface area contributed by atoms with Crippen molar-refractivity contribution in [1.82, 2.24) is 4.90 Å². The van der Waals surface area contributed by atoms with Gasteiger partial charge in [-0.2, -0.15) is 0 Å². The van der Waals surface area contributed by atoms with Gasteiger partial charge in [0.15, 0.2) is 6.61 Å². The summed E-state index contributed by atoms with van der Waals surface area (Å²) in [4.78, 5) is 28.5. The van der Waals surface area contributed by atoms with Crippen LogP contribution in [0.4, 0.5) is 0 Å². The van der Waals surface area contributed by atoms with E-state index in [1.807, 2.05) is 23.8 Å². The maximum atomic E-state index is 12.3. The van der Waals surface area contributed by atoms with E-state index in [0.717, 1.165) is 11.3 Å². The van der Waals surface area contributed by atoms with E-state index in [1.54, 1.807) is 28.4 Å². The van der Waals surface area contributed by atoms with Crippen LogP contribution in [0, 0.1) is 0 Å². The van der Waals surface area contributed by atoms with Gasteiger partial charge in [-0.05, 0) is 47.9 Å². The summed E-state index contributed by atoms with van der Waals surface area (Å²) in [7, 11) is 0. The molecule has 7 heteroatoms. The molecule has 0 fully saturated rings. The zero-order chi connectivity index (χ0) is 17.1. The first-order valence-corrected chi connectivity index (χ1v) is 9.90. The fourth-order valence-electron chi connectivity index (χ4n) is 2.55. The summed E-state index contributed by atoms with van der Waals surface area (Å²) in [6.45, 7) is 0.975. The maximum Gasteiger partial charge on any atom is 0.340 e. The van der Waals surface area contributed by atoms with Gasteiger partial charge in [-0.15, -0.1) is 23.1 Å². The highest BCUT2D eigenvalue weighted by Gasteiger charge is 2.23. The highest BCUT2D eigenvalue weighted by molar-refractivity contribution is 7.98. The van der Waals surface area contributed by atoms with Gasteiger partial charge in [0, 0.05) is 22.9 Å². The van der Waals surface area contributed by atoms with Crippen molar-refractivity contribution in [3.63, 3.8) is 0 Å². The van der Waals surface area contributed by atoms with Gasteiger partial charge in [0.1, 0.15) is 0 Å². The summed E-state index contributed by atoms with van der Waals surface area (Å²) < 4.78 is 5.17. The van der Waals surface area contributed by atoms with Gasteiger partial charge in [0.25, 0.3) is 5.91 Å². The van der Waals surface area contributed by atoms with Gasteiger partial charge in [-0.25, -0.2) is 4.79 Å². The van der Waals surface area contributed by atoms with Crippen LogP contribution < -0.4 is 0 Å². The summed E-state index contributed by atoms with van der Waals surface area (Å²) >= 11 is 9.28. The van der Waals surface area contributed by atoms with E-state index in [0.29, 0.717) is 18.1 Å². The molecule has 1 aliphatic heterocycles.